The van der Waals surface area contributed by atoms with E-state index in [-0.39, 0.29) is 6.10 Å². The molecular formula is C8H14O. The fourth-order valence-electron chi connectivity index (χ4n) is 2.25. The molecule has 0 bridgehead atoms. The van der Waals surface area contributed by atoms with Gasteiger partial charge >= 0.3 is 0 Å². The van der Waals surface area contributed by atoms with Crippen LogP contribution in [0.1, 0.15) is 32.6 Å². The lowest BCUT2D eigenvalue weighted by molar-refractivity contribution is 0.0977. The van der Waals surface area contributed by atoms with Crippen LogP contribution in [0.5, 0.6) is 0 Å². The highest BCUT2D eigenvalue weighted by atomic mass is 16.3. The van der Waals surface area contributed by atoms with Crippen molar-refractivity contribution in [1.29, 1.82) is 0 Å². The van der Waals surface area contributed by atoms with Gasteiger partial charge in [-0.15, -0.1) is 0 Å². The van der Waals surface area contributed by atoms with Crippen molar-refractivity contribution < 1.29 is 5.11 Å². The van der Waals surface area contributed by atoms with Crippen LogP contribution < -0.4 is 0 Å². The molecule has 2 fully saturated rings. The zero-order chi connectivity index (χ0) is 6.48. The molecule has 2 aliphatic rings. The van der Waals surface area contributed by atoms with E-state index in [1.54, 1.807) is 0 Å². The average molecular weight is 126 g/mol. The maximum atomic E-state index is 9.38. The Balaban J connectivity index is 2.07. The molecule has 0 radical (unpaired) electrons. The maximum Gasteiger partial charge on any atom is 0.0573 e. The second kappa shape index (κ2) is 1.51. The summed E-state index contributed by atoms with van der Waals surface area (Å²) in [5.41, 5.74) is 0.567. The maximum absolute atomic E-state index is 9.38. The molecule has 2 saturated carbocycles. The largest absolute Gasteiger partial charge is 0.393 e. The molecule has 0 amide bonds. The molecule has 3 atom stereocenters. The van der Waals surface area contributed by atoms with Crippen molar-refractivity contribution in [2.45, 2.75) is 38.7 Å². The van der Waals surface area contributed by atoms with Gasteiger partial charge in [0.15, 0.2) is 0 Å². The van der Waals surface area contributed by atoms with E-state index in [2.05, 4.69) is 6.92 Å². The summed E-state index contributed by atoms with van der Waals surface area (Å²) in [4.78, 5) is 0. The first-order valence-electron chi connectivity index (χ1n) is 3.90. The van der Waals surface area contributed by atoms with Crippen LogP contribution in [-0.2, 0) is 0 Å². The predicted molar refractivity (Wildman–Crippen MR) is 36.1 cm³/mol. The summed E-state index contributed by atoms with van der Waals surface area (Å²) >= 11 is 0. The molecule has 0 aliphatic heterocycles. The Bertz CT molecular complexity index is 133. The molecule has 0 unspecified atom stereocenters. The van der Waals surface area contributed by atoms with Gasteiger partial charge in [0.25, 0.3) is 0 Å². The van der Waals surface area contributed by atoms with Gasteiger partial charge in [0.2, 0.25) is 0 Å². The Hall–Kier alpha value is -0.0400. The third-order valence-corrected chi connectivity index (χ3v) is 3.13. The first-order valence-corrected chi connectivity index (χ1v) is 3.90. The van der Waals surface area contributed by atoms with E-state index in [1.165, 1.54) is 19.3 Å². The normalized spacial score (nSPS) is 56.7. The van der Waals surface area contributed by atoms with Crippen LogP contribution in [0.3, 0.4) is 0 Å². The summed E-state index contributed by atoms with van der Waals surface area (Å²) in [7, 11) is 0. The van der Waals surface area contributed by atoms with E-state index < -0.39 is 0 Å². The minimum absolute atomic E-state index is 0.0451. The number of hydrogen-bond donors (Lipinski definition) is 1. The quantitative estimate of drug-likeness (QED) is 0.522. The van der Waals surface area contributed by atoms with E-state index in [0.29, 0.717) is 11.3 Å². The van der Waals surface area contributed by atoms with Gasteiger partial charge < -0.3 is 5.11 Å². The highest BCUT2D eigenvalue weighted by Crippen LogP contribution is 2.60. The summed E-state index contributed by atoms with van der Waals surface area (Å²) in [5.74, 6) is 0.672. The SMILES string of the molecule is C[C@@]12CCC[C@@H](O)[C@H]1C2. The number of aliphatic hydroxyl groups is 1. The van der Waals surface area contributed by atoms with Gasteiger partial charge in [-0.05, 0) is 30.6 Å². The standard InChI is InChI=1S/C8H14O/c1-8-4-2-3-7(9)6(8)5-8/h6-7,9H,2-5H2,1H3/t6-,7-,8+/m1/s1. The summed E-state index contributed by atoms with van der Waals surface area (Å²) in [6.07, 6.45) is 4.99. The van der Waals surface area contributed by atoms with E-state index in [4.69, 9.17) is 0 Å². The van der Waals surface area contributed by atoms with E-state index in [9.17, 15) is 5.11 Å². The van der Waals surface area contributed by atoms with E-state index in [0.717, 1.165) is 6.42 Å². The molecule has 0 heterocycles. The van der Waals surface area contributed by atoms with Crippen LogP contribution in [0.25, 0.3) is 0 Å². The minimum Gasteiger partial charge on any atom is -0.393 e. The van der Waals surface area contributed by atoms with Crippen LogP contribution >= 0.6 is 0 Å². The number of rotatable bonds is 0. The zero-order valence-electron chi connectivity index (χ0n) is 5.93. The lowest BCUT2D eigenvalue weighted by atomic mass is 9.88. The van der Waals surface area contributed by atoms with Crippen molar-refractivity contribution in [2.24, 2.45) is 11.3 Å². The molecule has 0 aromatic rings. The summed E-state index contributed by atoms with van der Waals surface area (Å²) in [6, 6.07) is 0. The monoisotopic (exact) mass is 126 g/mol. The van der Waals surface area contributed by atoms with Crippen LogP contribution in [0.2, 0.25) is 0 Å². The van der Waals surface area contributed by atoms with Gasteiger partial charge in [0, 0.05) is 0 Å². The van der Waals surface area contributed by atoms with Gasteiger partial charge in [-0.2, -0.15) is 0 Å². The van der Waals surface area contributed by atoms with Crippen LogP contribution in [0, 0.1) is 11.3 Å². The molecule has 9 heavy (non-hydrogen) atoms. The third-order valence-electron chi connectivity index (χ3n) is 3.13. The highest BCUT2D eigenvalue weighted by Gasteiger charge is 2.54. The van der Waals surface area contributed by atoms with Crippen LogP contribution in [0.15, 0.2) is 0 Å². The number of aliphatic hydroxyl groups excluding tert-OH is 1. The fraction of sp³-hybridized carbons (Fsp3) is 1.00. The van der Waals surface area contributed by atoms with Gasteiger partial charge in [-0.25, -0.2) is 0 Å². The zero-order valence-corrected chi connectivity index (χ0v) is 5.93. The van der Waals surface area contributed by atoms with Crippen molar-refractivity contribution in [3.8, 4) is 0 Å². The third kappa shape index (κ3) is 0.710. The average Bonchev–Trinajstić information content (AvgIpc) is 2.43. The minimum atomic E-state index is 0.0451. The highest BCUT2D eigenvalue weighted by molar-refractivity contribution is 5.04. The lowest BCUT2D eigenvalue weighted by Crippen LogP contribution is -2.19. The Morgan fingerprint density at radius 3 is 2.89 bits per heavy atom. The number of hydrogen-bond acceptors (Lipinski definition) is 1. The Morgan fingerprint density at radius 2 is 2.33 bits per heavy atom. The lowest BCUT2D eigenvalue weighted by Gasteiger charge is -2.21. The Kier molecular flexibility index (Phi) is 0.963. The molecule has 2 rings (SSSR count). The van der Waals surface area contributed by atoms with Crippen LogP contribution in [-0.4, -0.2) is 11.2 Å². The molecule has 0 aromatic heterocycles. The van der Waals surface area contributed by atoms with Crippen molar-refractivity contribution in [3.63, 3.8) is 0 Å². The summed E-state index contributed by atoms with van der Waals surface area (Å²) < 4.78 is 0. The molecular weight excluding hydrogens is 112 g/mol. The van der Waals surface area contributed by atoms with Crippen molar-refractivity contribution >= 4 is 0 Å². The molecule has 1 N–H and O–H groups in total. The van der Waals surface area contributed by atoms with Crippen molar-refractivity contribution in [3.05, 3.63) is 0 Å². The predicted octanol–water partition coefficient (Wildman–Crippen LogP) is 1.56. The molecule has 0 spiro atoms. The Morgan fingerprint density at radius 1 is 1.56 bits per heavy atom. The van der Waals surface area contributed by atoms with Crippen molar-refractivity contribution in [2.75, 3.05) is 0 Å². The molecule has 1 heteroatoms. The fourth-order valence-corrected chi connectivity index (χ4v) is 2.25. The van der Waals surface area contributed by atoms with Gasteiger partial charge in [0.1, 0.15) is 0 Å². The summed E-state index contributed by atoms with van der Waals surface area (Å²) in [5, 5.41) is 9.38. The smallest absolute Gasteiger partial charge is 0.0573 e. The summed E-state index contributed by atoms with van der Waals surface area (Å²) in [6.45, 7) is 2.31. The second-order valence-electron chi connectivity index (χ2n) is 3.92. The first kappa shape index (κ1) is 5.72. The molecule has 1 nitrogen and oxygen atoms in total. The van der Waals surface area contributed by atoms with E-state index >= 15 is 0 Å². The van der Waals surface area contributed by atoms with E-state index in [1.807, 2.05) is 0 Å². The van der Waals surface area contributed by atoms with Gasteiger partial charge in [-0.1, -0.05) is 13.3 Å². The number of fused-ring (bicyclic) bond motifs is 1. The topological polar surface area (TPSA) is 20.2 Å². The van der Waals surface area contributed by atoms with Gasteiger partial charge in [0.05, 0.1) is 6.10 Å². The van der Waals surface area contributed by atoms with Crippen molar-refractivity contribution in [1.82, 2.24) is 0 Å². The first-order chi connectivity index (χ1) is 4.22. The molecule has 2 aliphatic carbocycles. The Labute approximate surface area is 56.1 Å². The van der Waals surface area contributed by atoms with Gasteiger partial charge in [-0.3, -0.25) is 0 Å². The molecule has 0 aromatic carbocycles. The molecule has 52 valence electrons. The molecule has 0 saturated heterocycles. The second-order valence-corrected chi connectivity index (χ2v) is 3.92. The van der Waals surface area contributed by atoms with Crippen LogP contribution in [0.4, 0.5) is 0 Å².